The number of nitrogens with two attached hydrogens (primary N) is 1. The van der Waals surface area contributed by atoms with E-state index in [1.54, 1.807) is 45.2 Å². The van der Waals surface area contributed by atoms with Crippen molar-refractivity contribution >= 4 is 17.8 Å². The van der Waals surface area contributed by atoms with Gasteiger partial charge >= 0.3 is 11.8 Å². The number of carbonyl (C=O) groups is 2. The fraction of sp³-hybridized carbons (Fsp3) is 0.423. The number of rotatable bonds is 8. The molecule has 1 saturated heterocycles. The van der Waals surface area contributed by atoms with Crippen LogP contribution in [0.2, 0.25) is 0 Å². The van der Waals surface area contributed by atoms with E-state index in [0.717, 1.165) is 0 Å². The quantitative estimate of drug-likeness (QED) is 0.376. The van der Waals surface area contributed by atoms with E-state index in [4.69, 9.17) is 19.9 Å². The van der Waals surface area contributed by atoms with Gasteiger partial charge in [0.15, 0.2) is 5.82 Å². The molecule has 0 radical (unpaired) electrons. The van der Waals surface area contributed by atoms with Crippen LogP contribution in [0.4, 0.5) is 10.3 Å². The number of aromatic nitrogens is 4. The van der Waals surface area contributed by atoms with Crippen LogP contribution in [0, 0.1) is 11.2 Å². The summed E-state index contributed by atoms with van der Waals surface area (Å²) in [5, 5.41) is 3.14. The molecular weight excluding hydrogens is 495 g/mol. The van der Waals surface area contributed by atoms with Crippen molar-refractivity contribution in [3.8, 4) is 22.6 Å². The SMILES string of the molecule is CC(C)Nc1nccc(-c2[nH]c(C3(C(N)=O)OCC(C)(C(=O)OC(C)C)CO3)nc2-c2ccc(F)cc2)n1. The Morgan fingerprint density at radius 2 is 1.76 bits per heavy atom. The van der Waals surface area contributed by atoms with Gasteiger partial charge in [-0.25, -0.2) is 19.3 Å². The second-order valence-electron chi connectivity index (χ2n) is 9.95. The number of nitrogens with one attached hydrogen (secondary N) is 2. The van der Waals surface area contributed by atoms with Crippen molar-refractivity contribution in [1.82, 2.24) is 19.9 Å². The molecule has 12 heteroatoms. The predicted octanol–water partition coefficient (Wildman–Crippen LogP) is 3.14. The molecule has 1 amide bonds. The zero-order chi connectivity index (χ0) is 27.7. The molecule has 202 valence electrons. The Balaban J connectivity index is 1.78. The molecule has 0 saturated carbocycles. The Morgan fingerprint density at radius 1 is 1.11 bits per heavy atom. The van der Waals surface area contributed by atoms with E-state index in [1.807, 2.05) is 13.8 Å². The smallest absolute Gasteiger partial charge is 0.316 e. The number of esters is 1. The average molecular weight is 527 g/mol. The van der Waals surface area contributed by atoms with E-state index >= 15 is 0 Å². The molecule has 0 bridgehead atoms. The van der Waals surface area contributed by atoms with Crippen molar-refractivity contribution in [2.45, 2.75) is 52.6 Å². The summed E-state index contributed by atoms with van der Waals surface area (Å²) < 4.78 is 30.8. The fourth-order valence-corrected chi connectivity index (χ4v) is 3.83. The highest BCUT2D eigenvalue weighted by molar-refractivity contribution is 5.85. The first kappa shape index (κ1) is 27.1. The van der Waals surface area contributed by atoms with Gasteiger partial charge in [0.25, 0.3) is 5.91 Å². The molecule has 0 spiro atoms. The van der Waals surface area contributed by atoms with Crippen LogP contribution in [-0.4, -0.2) is 57.2 Å². The maximum atomic E-state index is 13.7. The van der Waals surface area contributed by atoms with Crippen LogP contribution in [0.5, 0.6) is 0 Å². The van der Waals surface area contributed by atoms with Crippen molar-refractivity contribution < 1.29 is 28.2 Å². The third-order valence-corrected chi connectivity index (χ3v) is 5.81. The maximum Gasteiger partial charge on any atom is 0.316 e. The third kappa shape index (κ3) is 5.36. The summed E-state index contributed by atoms with van der Waals surface area (Å²) in [6.07, 6.45) is 1.24. The number of aromatic amines is 1. The van der Waals surface area contributed by atoms with Crippen molar-refractivity contribution in [3.05, 3.63) is 48.2 Å². The van der Waals surface area contributed by atoms with Crippen LogP contribution in [0.15, 0.2) is 36.5 Å². The van der Waals surface area contributed by atoms with E-state index in [0.29, 0.717) is 28.6 Å². The Kier molecular flexibility index (Phi) is 7.47. The number of hydrogen-bond acceptors (Lipinski definition) is 9. The first-order valence-corrected chi connectivity index (χ1v) is 12.2. The second-order valence-corrected chi connectivity index (χ2v) is 9.95. The van der Waals surface area contributed by atoms with Gasteiger partial charge in [-0.15, -0.1) is 0 Å². The van der Waals surface area contributed by atoms with Crippen molar-refractivity contribution in [2.24, 2.45) is 11.1 Å². The summed E-state index contributed by atoms with van der Waals surface area (Å²) in [6, 6.07) is 7.43. The number of ether oxygens (including phenoxy) is 3. The van der Waals surface area contributed by atoms with Crippen LogP contribution in [0.3, 0.4) is 0 Å². The number of H-pyrrole nitrogens is 1. The summed E-state index contributed by atoms with van der Waals surface area (Å²) in [4.78, 5) is 41.9. The highest BCUT2D eigenvalue weighted by Gasteiger charge is 2.54. The molecule has 1 aromatic carbocycles. The molecule has 38 heavy (non-hydrogen) atoms. The molecule has 11 nitrogen and oxygen atoms in total. The monoisotopic (exact) mass is 526 g/mol. The summed E-state index contributed by atoms with van der Waals surface area (Å²) >= 11 is 0. The van der Waals surface area contributed by atoms with Gasteiger partial charge in [0.05, 0.1) is 36.4 Å². The Morgan fingerprint density at radius 3 is 2.34 bits per heavy atom. The van der Waals surface area contributed by atoms with E-state index in [1.165, 1.54) is 12.1 Å². The number of primary amides is 1. The maximum absolute atomic E-state index is 13.7. The number of amides is 1. The molecule has 0 aliphatic carbocycles. The lowest BCUT2D eigenvalue weighted by Crippen LogP contribution is -2.56. The fourth-order valence-electron chi connectivity index (χ4n) is 3.83. The minimum atomic E-state index is -2.11. The largest absolute Gasteiger partial charge is 0.462 e. The van der Waals surface area contributed by atoms with Gasteiger partial charge in [-0.05, 0) is 65.0 Å². The number of benzene rings is 1. The minimum Gasteiger partial charge on any atom is -0.462 e. The molecule has 3 heterocycles. The molecule has 4 rings (SSSR count). The molecule has 1 aliphatic heterocycles. The van der Waals surface area contributed by atoms with Gasteiger partial charge in [0.2, 0.25) is 5.95 Å². The summed E-state index contributed by atoms with van der Waals surface area (Å²) in [5.41, 5.74) is 6.35. The highest BCUT2D eigenvalue weighted by Crippen LogP contribution is 2.39. The number of anilines is 1. The molecule has 4 N–H and O–H groups in total. The zero-order valence-electron chi connectivity index (χ0n) is 21.9. The average Bonchev–Trinajstić information content (AvgIpc) is 3.30. The normalized spacial score (nSPS) is 21.5. The van der Waals surface area contributed by atoms with Crippen LogP contribution in [-0.2, 0) is 29.6 Å². The van der Waals surface area contributed by atoms with Crippen LogP contribution in [0.1, 0.15) is 40.4 Å². The lowest BCUT2D eigenvalue weighted by molar-refractivity contribution is -0.294. The lowest BCUT2D eigenvalue weighted by atomic mass is 9.91. The van der Waals surface area contributed by atoms with E-state index in [9.17, 15) is 14.0 Å². The number of hydrogen-bond donors (Lipinski definition) is 3. The Hall–Kier alpha value is -3.90. The number of carbonyl (C=O) groups excluding carboxylic acids is 2. The molecule has 3 aromatic rings. The van der Waals surface area contributed by atoms with Gasteiger partial charge < -0.3 is 30.2 Å². The van der Waals surface area contributed by atoms with Gasteiger partial charge in [-0.3, -0.25) is 9.59 Å². The van der Waals surface area contributed by atoms with Gasteiger partial charge in [-0.1, -0.05) is 0 Å². The van der Waals surface area contributed by atoms with Crippen molar-refractivity contribution in [1.29, 1.82) is 0 Å². The minimum absolute atomic E-state index is 0.0458. The lowest BCUT2D eigenvalue weighted by Gasteiger charge is -2.40. The topological polar surface area (TPSA) is 154 Å². The summed E-state index contributed by atoms with van der Waals surface area (Å²) in [7, 11) is 0. The molecule has 0 atom stereocenters. The number of nitrogens with zero attached hydrogens (tertiary/aromatic N) is 3. The standard InChI is InChI=1S/C26H31FN6O5/c1-14(2)30-24-29-11-10-18(31-24)20-19(16-6-8-17(27)9-7-16)32-22(33-20)26(21(28)34)36-12-25(5,13-37-26)23(35)38-15(3)4/h6-11,14-15H,12-13H2,1-5H3,(H2,28,34)(H,32,33)(H,29,30,31). The van der Waals surface area contributed by atoms with Crippen LogP contribution >= 0.6 is 0 Å². The van der Waals surface area contributed by atoms with E-state index < -0.39 is 28.9 Å². The van der Waals surface area contributed by atoms with E-state index in [2.05, 4.69) is 25.3 Å². The van der Waals surface area contributed by atoms with Crippen LogP contribution < -0.4 is 11.1 Å². The Labute approximate surface area is 219 Å². The number of imidazole rings is 1. The van der Waals surface area contributed by atoms with Gasteiger partial charge in [-0.2, -0.15) is 0 Å². The Bertz CT molecular complexity index is 1320. The van der Waals surface area contributed by atoms with Crippen molar-refractivity contribution in [2.75, 3.05) is 18.5 Å². The number of halogens is 1. The van der Waals surface area contributed by atoms with Crippen LogP contribution in [0.25, 0.3) is 22.6 Å². The molecule has 2 aromatic heterocycles. The first-order valence-electron chi connectivity index (χ1n) is 12.2. The molecular formula is C26H31FN6O5. The predicted molar refractivity (Wildman–Crippen MR) is 136 cm³/mol. The summed E-state index contributed by atoms with van der Waals surface area (Å²) in [6.45, 7) is 8.57. The van der Waals surface area contributed by atoms with E-state index in [-0.39, 0.29) is 31.2 Å². The highest BCUT2D eigenvalue weighted by atomic mass is 19.1. The summed E-state index contributed by atoms with van der Waals surface area (Å²) in [5.74, 6) is -3.69. The third-order valence-electron chi connectivity index (χ3n) is 5.81. The first-order chi connectivity index (χ1) is 17.9. The molecule has 0 unspecified atom stereocenters. The van der Waals surface area contributed by atoms with Gasteiger partial charge in [0, 0.05) is 17.8 Å². The second kappa shape index (κ2) is 10.5. The molecule has 1 fully saturated rings. The van der Waals surface area contributed by atoms with Crippen molar-refractivity contribution in [3.63, 3.8) is 0 Å². The molecule has 1 aliphatic rings. The zero-order valence-corrected chi connectivity index (χ0v) is 21.9. The van der Waals surface area contributed by atoms with Gasteiger partial charge in [0.1, 0.15) is 11.2 Å².